The molecule has 0 saturated heterocycles. The lowest BCUT2D eigenvalue weighted by Crippen LogP contribution is -2.25. The fourth-order valence-corrected chi connectivity index (χ4v) is 1.93. The Kier molecular flexibility index (Phi) is 6.79. The van der Waals surface area contributed by atoms with Gasteiger partial charge < -0.3 is 10.4 Å². The molecule has 0 aliphatic carbocycles. The number of hydrogen-bond acceptors (Lipinski definition) is 3. The molecule has 2 N–H and O–H groups in total. The van der Waals surface area contributed by atoms with E-state index in [0.717, 1.165) is 24.3 Å². The Morgan fingerprint density at radius 3 is 2.85 bits per heavy atom. The second-order valence-corrected chi connectivity index (χ2v) is 5.00. The molecule has 0 unspecified atom stereocenters. The minimum atomic E-state index is -1.10. The van der Waals surface area contributed by atoms with Crippen LogP contribution in [0.1, 0.15) is 22.3 Å². The molecule has 0 aliphatic rings. The highest BCUT2D eigenvalue weighted by Gasteiger charge is 2.11. The molecule has 0 spiro atoms. The number of carbonyl (C=O) groups is 2. The zero-order chi connectivity index (χ0) is 15.0. The summed E-state index contributed by atoms with van der Waals surface area (Å²) >= 11 is 1.67. The number of thioether (sulfide) groups is 1. The van der Waals surface area contributed by atoms with E-state index in [2.05, 4.69) is 5.32 Å². The topological polar surface area (TPSA) is 66.4 Å². The SMILES string of the molecule is CSCCCNC(=O)c1cc(C=CC(=O)O)ccc1F. The van der Waals surface area contributed by atoms with E-state index in [-0.39, 0.29) is 5.56 Å². The Morgan fingerprint density at radius 1 is 1.45 bits per heavy atom. The van der Waals surface area contributed by atoms with Crippen LogP contribution in [0.15, 0.2) is 24.3 Å². The van der Waals surface area contributed by atoms with Gasteiger partial charge in [-0.1, -0.05) is 6.07 Å². The smallest absolute Gasteiger partial charge is 0.328 e. The van der Waals surface area contributed by atoms with Gasteiger partial charge in [-0.25, -0.2) is 9.18 Å². The van der Waals surface area contributed by atoms with Gasteiger partial charge in [-0.05, 0) is 42.2 Å². The Hall–Kier alpha value is -1.82. The Balaban J connectivity index is 2.75. The molecule has 1 amide bonds. The fraction of sp³-hybridized carbons (Fsp3) is 0.286. The summed E-state index contributed by atoms with van der Waals surface area (Å²) in [5.41, 5.74) is 0.379. The zero-order valence-corrected chi connectivity index (χ0v) is 11.9. The van der Waals surface area contributed by atoms with Crippen LogP contribution in [0.3, 0.4) is 0 Å². The first-order chi connectivity index (χ1) is 9.54. The lowest BCUT2D eigenvalue weighted by Gasteiger charge is -2.06. The van der Waals surface area contributed by atoms with Crippen LogP contribution in [0.2, 0.25) is 0 Å². The average Bonchev–Trinajstić information content (AvgIpc) is 2.42. The second kappa shape index (κ2) is 8.37. The van der Waals surface area contributed by atoms with Gasteiger partial charge in [0.15, 0.2) is 0 Å². The maximum Gasteiger partial charge on any atom is 0.328 e. The number of nitrogens with one attached hydrogen (secondary N) is 1. The number of amides is 1. The molecule has 108 valence electrons. The van der Waals surface area contributed by atoms with E-state index >= 15 is 0 Å². The van der Waals surface area contributed by atoms with E-state index in [0.29, 0.717) is 12.1 Å². The maximum atomic E-state index is 13.6. The molecule has 1 aromatic rings. The zero-order valence-electron chi connectivity index (χ0n) is 11.1. The van der Waals surface area contributed by atoms with Crippen molar-refractivity contribution in [2.45, 2.75) is 6.42 Å². The maximum absolute atomic E-state index is 13.6. The number of hydrogen-bond donors (Lipinski definition) is 2. The van der Waals surface area contributed by atoms with Crippen molar-refractivity contribution in [2.24, 2.45) is 0 Å². The lowest BCUT2D eigenvalue weighted by atomic mass is 10.1. The first-order valence-electron chi connectivity index (χ1n) is 6.02. The molecule has 0 aromatic heterocycles. The third kappa shape index (κ3) is 5.44. The summed E-state index contributed by atoms with van der Waals surface area (Å²) in [6.07, 6.45) is 5.03. The number of aliphatic carboxylic acids is 1. The van der Waals surface area contributed by atoms with Crippen molar-refractivity contribution in [3.8, 4) is 0 Å². The minimum Gasteiger partial charge on any atom is -0.478 e. The van der Waals surface area contributed by atoms with E-state index in [1.54, 1.807) is 11.8 Å². The summed E-state index contributed by atoms with van der Waals surface area (Å²) in [5.74, 6) is -1.30. The summed E-state index contributed by atoms with van der Waals surface area (Å²) < 4.78 is 13.6. The van der Waals surface area contributed by atoms with Crippen molar-refractivity contribution in [3.63, 3.8) is 0 Å². The van der Waals surface area contributed by atoms with Crippen molar-refractivity contribution in [1.29, 1.82) is 0 Å². The number of carboxylic acids is 1. The van der Waals surface area contributed by atoms with Crippen molar-refractivity contribution in [3.05, 3.63) is 41.2 Å². The van der Waals surface area contributed by atoms with Crippen LogP contribution >= 0.6 is 11.8 Å². The van der Waals surface area contributed by atoms with Crippen LogP contribution in [-0.4, -0.2) is 35.5 Å². The molecule has 0 saturated carbocycles. The Bertz CT molecular complexity index is 517. The van der Waals surface area contributed by atoms with Gasteiger partial charge in [-0.3, -0.25) is 4.79 Å². The van der Waals surface area contributed by atoms with Gasteiger partial charge in [0.1, 0.15) is 5.82 Å². The predicted octanol–water partition coefficient (Wildman–Crippen LogP) is 2.41. The number of halogens is 1. The van der Waals surface area contributed by atoms with Gasteiger partial charge in [0.25, 0.3) is 5.91 Å². The molecule has 1 rings (SSSR count). The summed E-state index contributed by atoms with van der Waals surface area (Å²) in [6, 6.07) is 3.90. The summed E-state index contributed by atoms with van der Waals surface area (Å²) in [6.45, 7) is 0.480. The Morgan fingerprint density at radius 2 is 2.20 bits per heavy atom. The molecular weight excluding hydrogens is 281 g/mol. The van der Waals surface area contributed by atoms with E-state index < -0.39 is 17.7 Å². The molecular formula is C14H16FNO3S. The number of carboxylic acid groups (broad SMARTS) is 1. The van der Waals surface area contributed by atoms with Crippen LogP contribution in [0, 0.1) is 5.82 Å². The fourth-order valence-electron chi connectivity index (χ4n) is 1.50. The van der Waals surface area contributed by atoms with Crippen molar-refractivity contribution < 1.29 is 19.1 Å². The molecule has 4 nitrogen and oxygen atoms in total. The largest absolute Gasteiger partial charge is 0.478 e. The van der Waals surface area contributed by atoms with Crippen LogP contribution in [0.4, 0.5) is 4.39 Å². The standard InChI is InChI=1S/C14H16FNO3S/c1-20-8-2-7-16-14(19)11-9-10(3-5-12(11)15)4-6-13(17)18/h3-6,9H,2,7-8H2,1H3,(H,16,19)(H,17,18). The van der Waals surface area contributed by atoms with Crippen LogP contribution in [-0.2, 0) is 4.79 Å². The first-order valence-corrected chi connectivity index (χ1v) is 7.41. The molecule has 0 bridgehead atoms. The summed E-state index contributed by atoms with van der Waals surface area (Å²) in [4.78, 5) is 22.2. The van der Waals surface area contributed by atoms with E-state index in [9.17, 15) is 14.0 Å². The molecule has 1 aromatic carbocycles. The van der Waals surface area contributed by atoms with Gasteiger partial charge in [-0.2, -0.15) is 11.8 Å². The predicted molar refractivity (Wildman–Crippen MR) is 78.4 cm³/mol. The highest BCUT2D eigenvalue weighted by atomic mass is 32.2. The average molecular weight is 297 g/mol. The highest BCUT2D eigenvalue weighted by Crippen LogP contribution is 2.12. The highest BCUT2D eigenvalue weighted by molar-refractivity contribution is 7.98. The van der Waals surface area contributed by atoms with Gasteiger partial charge in [-0.15, -0.1) is 0 Å². The molecule has 0 radical (unpaired) electrons. The van der Waals surface area contributed by atoms with Crippen molar-refractivity contribution in [2.75, 3.05) is 18.6 Å². The van der Waals surface area contributed by atoms with Crippen molar-refractivity contribution in [1.82, 2.24) is 5.32 Å². The normalized spacial score (nSPS) is 10.7. The molecule has 0 heterocycles. The quantitative estimate of drug-likeness (QED) is 0.599. The van der Waals surface area contributed by atoms with Crippen LogP contribution in [0.25, 0.3) is 6.08 Å². The van der Waals surface area contributed by atoms with Crippen LogP contribution < -0.4 is 5.32 Å². The van der Waals surface area contributed by atoms with Crippen LogP contribution in [0.5, 0.6) is 0 Å². The lowest BCUT2D eigenvalue weighted by molar-refractivity contribution is -0.131. The number of carbonyl (C=O) groups excluding carboxylic acids is 1. The Labute approximate surface area is 121 Å². The van der Waals surface area contributed by atoms with Crippen molar-refractivity contribution >= 4 is 29.7 Å². The van der Waals surface area contributed by atoms with Gasteiger partial charge in [0.05, 0.1) is 5.56 Å². The molecule has 0 atom stereocenters. The molecule has 6 heteroatoms. The van der Waals surface area contributed by atoms with E-state index in [1.807, 2.05) is 6.26 Å². The summed E-state index contributed by atoms with van der Waals surface area (Å²) in [5, 5.41) is 11.2. The monoisotopic (exact) mass is 297 g/mol. The third-order valence-corrected chi connectivity index (χ3v) is 3.16. The summed E-state index contributed by atoms with van der Waals surface area (Å²) in [7, 11) is 0. The molecule has 0 fully saturated rings. The van der Waals surface area contributed by atoms with Gasteiger partial charge >= 0.3 is 5.97 Å². The third-order valence-electron chi connectivity index (χ3n) is 2.46. The second-order valence-electron chi connectivity index (χ2n) is 4.01. The number of benzene rings is 1. The first kappa shape index (κ1) is 16.2. The minimum absolute atomic E-state index is 0.0818. The van der Waals surface area contributed by atoms with E-state index in [1.165, 1.54) is 18.2 Å². The van der Waals surface area contributed by atoms with Gasteiger partial charge in [0.2, 0.25) is 0 Å². The molecule has 0 aliphatic heterocycles. The molecule has 20 heavy (non-hydrogen) atoms. The van der Waals surface area contributed by atoms with E-state index in [4.69, 9.17) is 5.11 Å². The number of rotatable bonds is 7. The van der Waals surface area contributed by atoms with Gasteiger partial charge in [0, 0.05) is 12.6 Å².